The van der Waals surface area contributed by atoms with E-state index in [4.69, 9.17) is 0 Å². The van der Waals surface area contributed by atoms with Gasteiger partial charge in [-0.3, -0.25) is 4.90 Å². The van der Waals surface area contributed by atoms with Crippen molar-refractivity contribution in [1.82, 2.24) is 4.90 Å². The van der Waals surface area contributed by atoms with Crippen LogP contribution < -0.4 is 0 Å². The average molecular weight is 286 g/mol. The van der Waals surface area contributed by atoms with Crippen LogP contribution in [0.25, 0.3) is 0 Å². The molecule has 1 unspecified atom stereocenters. The molecule has 0 bridgehead atoms. The molecule has 1 rings (SSSR count). The maximum absolute atomic E-state index is 9.98. The van der Waals surface area contributed by atoms with Crippen molar-refractivity contribution in [2.75, 3.05) is 13.6 Å². The minimum Gasteiger partial charge on any atom is -0.389 e. The van der Waals surface area contributed by atoms with Crippen molar-refractivity contribution >= 4 is 15.9 Å². The van der Waals surface area contributed by atoms with Crippen LogP contribution in [0.5, 0.6) is 0 Å². The number of aliphatic hydroxyl groups is 1. The fourth-order valence-corrected chi connectivity index (χ4v) is 2.14. The first kappa shape index (κ1) is 13.7. The number of hydrogen-bond acceptors (Lipinski definition) is 2. The summed E-state index contributed by atoms with van der Waals surface area (Å²) in [4.78, 5) is 2.14. The van der Waals surface area contributed by atoms with Crippen molar-refractivity contribution in [2.24, 2.45) is 0 Å². The van der Waals surface area contributed by atoms with Crippen LogP contribution in [0.3, 0.4) is 0 Å². The van der Waals surface area contributed by atoms with Gasteiger partial charge in [-0.1, -0.05) is 35.0 Å². The Bertz CT molecular complexity index is 338. The van der Waals surface area contributed by atoms with Crippen molar-refractivity contribution in [1.29, 1.82) is 0 Å². The van der Waals surface area contributed by atoms with Gasteiger partial charge in [-0.15, -0.1) is 0 Å². The van der Waals surface area contributed by atoms with E-state index in [1.165, 1.54) is 5.56 Å². The van der Waals surface area contributed by atoms with E-state index < -0.39 is 5.60 Å². The van der Waals surface area contributed by atoms with E-state index >= 15 is 0 Å². The highest BCUT2D eigenvalue weighted by atomic mass is 79.9. The van der Waals surface area contributed by atoms with Gasteiger partial charge in [0.05, 0.1) is 5.60 Å². The molecule has 1 N–H and O–H groups in total. The lowest BCUT2D eigenvalue weighted by Gasteiger charge is -2.28. The van der Waals surface area contributed by atoms with Gasteiger partial charge in [0.1, 0.15) is 0 Å². The molecule has 0 spiro atoms. The zero-order valence-corrected chi connectivity index (χ0v) is 11.8. The molecule has 0 amide bonds. The van der Waals surface area contributed by atoms with E-state index in [1.54, 1.807) is 0 Å². The minimum atomic E-state index is -0.596. The first-order valence-electron chi connectivity index (χ1n) is 5.58. The SMILES string of the molecule is CCC(C)(O)CN(C)Cc1cccc(Br)c1. The molecule has 90 valence electrons. The minimum absolute atomic E-state index is 0.596. The first-order valence-corrected chi connectivity index (χ1v) is 6.37. The van der Waals surface area contributed by atoms with E-state index in [9.17, 15) is 5.11 Å². The van der Waals surface area contributed by atoms with Crippen LogP contribution in [0, 0.1) is 0 Å². The summed E-state index contributed by atoms with van der Waals surface area (Å²) in [6, 6.07) is 8.26. The van der Waals surface area contributed by atoms with Gasteiger partial charge < -0.3 is 5.11 Å². The van der Waals surface area contributed by atoms with Crippen LogP contribution >= 0.6 is 15.9 Å². The monoisotopic (exact) mass is 285 g/mol. The molecule has 0 radical (unpaired) electrons. The van der Waals surface area contributed by atoms with Crippen molar-refractivity contribution in [3.8, 4) is 0 Å². The van der Waals surface area contributed by atoms with Crippen molar-refractivity contribution in [3.63, 3.8) is 0 Å². The summed E-state index contributed by atoms with van der Waals surface area (Å²) in [7, 11) is 2.03. The predicted molar refractivity (Wildman–Crippen MR) is 71.4 cm³/mol. The lowest BCUT2D eigenvalue weighted by Crippen LogP contribution is -2.37. The van der Waals surface area contributed by atoms with Gasteiger partial charge in [-0.05, 0) is 38.1 Å². The second-order valence-electron chi connectivity index (χ2n) is 4.65. The van der Waals surface area contributed by atoms with E-state index in [0.29, 0.717) is 6.54 Å². The predicted octanol–water partition coefficient (Wildman–Crippen LogP) is 3.04. The molecule has 1 atom stereocenters. The standard InChI is InChI=1S/C13H20BrNO/c1-4-13(2,16)10-15(3)9-11-6-5-7-12(14)8-11/h5-8,16H,4,9-10H2,1-3H3. The largest absolute Gasteiger partial charge is 0.389 e. The van der Waals surface area contributed by atoms with Crippen LogP contribution in [-0.2, 0) is 6.54 Å². The summed E-state index contributed by atoms with van der Waals surface area (Å²) in [5, 5.41) is 9.98. The summed E-state index contributed by atoms with van der Waals surface area (Å²) in [6.45, 7) is 5.43. The second-order valence-corrected chi connectivity index (χ2v) is 5.57. The molecular weight excluding hydrogens is 266 g/mol. The third kappa shape index (κ3) is 4.64. The number of benzene rings is 1. The van der Waals surface area contributed by atoms with Gasteiger partial charge in [0.2, 0.25) is 0 Å². The molecule has 0 saturated heterocycles. The fraction of sp³-hybridized carbons (Fsp3) is 0.538. The Morgan fingerprint density at radius 3 is 2.69 bits per heavy atom. The zero-order chi connectivity index (χ0) is 12.2. The molecule has 0 saturated carbocycles. The highest BCUT2D eigenvalue weighted by Gasteiger charge is 2.19. The molecule has 0 aliphatic rings. The number of hydrogen-bond donors (Lipinski definition) is 1. The lowest BCUT2D eigenvalue weighted by molar-refractivity contribution is 0.0218. The van der Waals surface area contributed by atoms with Crippen LogP contribution in [0.1, 0.15) is 25.8 Å². The average Bonchev–Trinajstić information content (AvgIpc) is 2.16. The van der Waals surface area contributed by atoms with Gasteiger partial charge in [0, 0.05) is 17.6 Å². The Balaban J connectivity index is 2.55. The molecule has 1 aromatic carbocycles. The van der Waals surface area contributed by atoms with E-state index in [2.05, 4.69) is 33.0 Å². The molecule has 0 heterocycles. The van der Waals surface area contributed by atoms with Crippen molar-refractivity contribution in [2.45, 2.75) is 32.4 Å². The van der Waals surface area contributed by atoms with E-state index in [0.717, 1.165) is 17.4 Å². The normalized spacial score (nSPS) is 15.1. The Morgan fingerprint density at radius 2 is 2.12 bits per heavy atom. The van der Waals surface area contributed by atoms with Crippen molar-refractivity contribution < 1.29 is 5.11 Å². The Morgan fingerprint density at radius 1 is 1.44 bits per heavy atom. The second kappa shape index (κ2) is 5.80. The smallest absolute Gasteiger partial charge is 0.0743 e. The topological polar surface area (TPSA) is 23.5 Å². The Labute approximate surface area is 106 Å². The van der Waals surface area contributed by atoms with Crippen LogP contribution in [0.4, 0.5) is 0 Å². The maximum Gasteiger partial charge on any atom is 0.0743 e. The Hall–Kier alpha value is -0.380. The molecule has 0 aliphatic heterocycles. The summed E-state index contributed by atoms with van der Waals surface area (Å²) in [6.07, 6.45) is 0.774. The van der Waals surface area contributed by atoms with Gasteiger partial charge in [-0.25, -0.2) is 0 Å². The number of halogens is 1. The molecule has 0 fully saturated rings. The summed E-state index contributed by atoms with van der Waals surface area (Å²) in [5.41, 5.74) is 0.657. The lowest BCUT2D eigenvalue weighted by atomic mass is 10.0. The zero-order valence-electron chi connectivity index (χ0n) is 10.2. The maximum atomic E-state index is 9.98. The number of rotatable bonds is 5. The Kier molecular flexibility index (Phi) is 4.96. The summed E-state index contributed by atoms with van der Waals surface area (Å²) >= 11 is 3.46. The first-order chi connectivity index (χ1) is 7.43. The number of nitrogens with zero attached hydrogens (tertiary/aromatic N) is 1. The van der Waals surface area contributed by atoms with Gasteiger partial charge in [0.25, 0.3) is 0 Å². The van der Waals surface area contributed by atoms with Gasteiger partial charge in [0.15, 0.2) is 0 Å². The molecule has 1 aromatic rings. The van der Waals surface area contributed by atoms with Crippen molar-refractivity contribution in [3.05, 3.63) is 34.3 Å². The highest BCUT2D eigenvalue weighted by molar-refractivity contribution is 9.10. The molecule has 0 aliphatic carbocycles. The third-order valence-corrected chi connectivity index (χ3v) is 3.21. The quantitative estimate of drug-likeness (QED) is 0.899. The molecule has 3 heteroatoms. The van der Waals surface area contributed by atoms with Crippen LogP contribution in [0.15, 0.2) is 28.7 Å². The van der Waals surface area contributed by atoms with Crippen LogP contribution in [0.2, 0.25) is 0 Å². The highest BCUT2D eigenvalue weighted by Crippen LogP contribution is 2.15. The summed E-state index contributed by atoms with van der Waals surface area (Å²) < 4.78 is 1.10. The molecule has 16 heavy (non-hydrogen) atoms. The number of likely N-dealkylation sites (N-methyl/N-ethyl adjacent to an activating group) is 1. The van der Waals surface area contributed by atoms with E-state index in [-0.39, 0.29) is 0 Å². The molecule has 2 nitrogen and oxygen atoms in total. The van der Waals surface area contributed by atoms with E-state index in [1.807, 2.05) is 33.0 Å². The third-order valence-electron chi connectivity index (χ3n) is 2.71. The fourth-order valence-electron chi connectivity index (χ4n) is 1.70. The molecular formula is C13H20BrNO. The van der Waals surface area contributed by atoms with Crippen LogP contribution in [-0.4, -0.2) is 29.2 Å². The van der Waals surface area contributed by atoms with Gasteiger partial charge >= 0.3 is 0 Å². The molecule has 0 aromatic heterocycles. The summed E-state index contributed by atoms with van der Waals surface area (Å²) in [5.74, 6) is 0. The van der Waals surface area contributed by atoms with Gasteiger partial charge in [-0.2, -0.15) is 0 Å².